The summed E-state index contributed by atoms with van der Waals surface area (Å²) in [7, 11) is 4.88. The number of nitrogens with zero attached hydrogens (tertiary/aromatic N) is 5. The van der Waals surface area contributed by atoms with E-state index >= 15 is 0 Å². The minimum absolute atomic E-state index is 0.285. The number of anilines is 2. The van der Waals surface area contributed by atoms with Gasteiger partial charge < -0.3 is 18.9 Å². The van der Waals surface area contributed by atoms with Crippen molar-refractivity contribution in [2.75, 3.05) is 25.7 Å². The molecule has 0 fully saturated rings. The first-order chi connectivity index (χ1) is 14.0. The molecule has 9 nitrogen and oxygen atoms in total. The van der Waals surface area contributed by atoms with Gasteiger partial charge in [-0.15, -0.1) is 0 Å². The second kappa shape index (κ2) is 7.31. The van der Waals surface area contributed by atoms with Crippen LogP contribution in [0.4, 0.5) is 11.6 Å². The summed E-state index contributed by atoms with van der Waals surface area (Å²) in [6.07, 6.45) is 1.54. The molecule has 0 bridgehead atoms. The van der Waals surface area contributed by atoms with Gasteiger partial charge in [-0.1, -0.05) is 6.92 Å². The first-order valence-electron chi connectivity index (χ1n) is 9.71. The van der Waals surface area contributed by atoms with Crippen LogP contribution in [0.3, 0.4) is 0 Å². The number of hydrogen-bond donors (Lipinski definition) is 0. The quantitative estimate of drug-likeness (QED) is 0.651. The molecule has 0 unspecified atom stereocenters. The number of rotatable bonds is 5. The second-order valence-corrected chi connectivity index (χ2v) is 7.08. The Labute approximate surface area is 167 Å². The molecule has 0 spiro atoms. The maximum Gasteiger partial charge on any atom is 0.332 e. The number of aryl methyl sites for hydroxylation is 2. The number of ether oxygens (including phenoxy) is 2. The zero-order valence-electron chi connectivity index (χ0n) is 17.1. The normalized spacial score (nSPS) is 13.6. The molecule has 0 atom stereocenters. The molecular weight excluding hydrogens is 374 g/mol. The van der Waals surface area contributed by atoms with Crippen LogP contribution in [0.1, 0.15) is 19.8 Å². The lowest BCUT2D eigenvalue weighted by atomic mass is 10.2. The lowest BCUT2D eigenvalue weighted by Crippen LogP contribution is -2.39. The molecule has 4 rings (SSSR count). The molecule has 3 heterocycles. The Morgan fingerprint density at radius 3 is 2.62 bits per heavy atom. The molecule has 0 saturated heterocycles. The van der Waals surface area contributed by atoms with Crippen LogP contribution in [0.25, 0.3) is 11.2 Å². The molecule has 1 aliphatic heterocycles. The third-order valence-electron chi connectivity index (χ3n) is 5.34. The van der Waals surface area contributed by atoms with Gasteiger partial charge in [0.15, 0.2) is 11.2 Å². The van der Waals surface area contributed by atoms with E-state index in [1.165, 1.54) is 9.13 Å². The van der Waals surface area contributed by atoms with Crippen molar-refractivity contribution in [1.82, 2.24) is 18.7 Å². The lowest BCUT2D eigenvalue weighted by Gasteiger charge is -2.30. The van der Waals surface area contributed by atoms with Crippen LogP contribution < -0.4 is 25.6 Å². The van der Waals surface area contributed by atoms with E-state index in [2.05, 4.69) is 0 Å². The van der Waals surface area contributed by atoms with Gasteiger partial charge >= 0.3 is 5.69 Å². The van der Waals surface area contributed by atoms with Crippen LogP contribution in [0.5, 0.6) is 11.5 Å². The highest BCUT2D eigenvalue weighted by molar-refractivity contribution is 5.78. The van der Waals surface area contributed by atoms with Gasteiger partial charge in [0.2, 0.25) is 5.95 Å². The third-order valence-corrected chi connectivity index (χ3v) is 5.34. The summed E-state index contributed by atoms with van der Waals surface area (Å²) in [4.78, 5) is 32.5. The average molecular weight is 399 g/mol. The number of benzene rings is 1. The molecule has 1 aliphatic rings. The topological polar surface area (TPSA) is 83.5 Å². The fraction of sp³-hybridized carbons (Fsp3) is 0.450. The fourth-order valence-corrected chi connectivity index (χ4v) is 3.92. The van der Waals surface area contributed by atoms with Gasteiger partial charge in [-0.05, 0) is 25.0 Å². The Morgan fingerprint density at radius 2 is 1.93 bits per heavy atom. The summed E-state index contributed by atoms with van der Waals surface area (Å²) in [6, 6.07) is 5.60. The van der Waals surface area contributed by atoms with E-state index in [0.29, 0.717) is 48.1 Å². The minimum Gasteiger partial charge on any atom is -0.497 e. The maximum absolute atomic E-state index is 13.1. The summed E-state index contributed by atoms with van der Waals surface area (Å²) in [6.45, 7) is 3.72. The van der Waals surface area contributed by atoms with E-state index in [0.717, 1.165) is 18.7 Å². The van der Waals surface area contributed by atoms with Crippen LogP contribution in [0.2, 0.25) is 0 Å². The Morgan fingerprint density at radius 1 is 1.14 bits per heavy atom. The molecule has 3 aromatic rings. The van der Waals surface area contributed by atoms with Gasteiger partial charge in [-0.25, -0.2) is 4.79 Å². The molecule has 154 valence electrons. The van der Waals surface area contributed by atoms with E-state index in [4.69, 9.17) is 14.5 Å². The van der Waals surface area contributed by atoms with E-state index in [-0.39, 0.29) is 11.2 Å². The predicted molar refractivity (Wildman–Crippen MR) is 111 cm³/mol. The number of fused-ring (bicyclic) bond motifs is 3. The number of aromatic nitrogens is 4. The van der Waals surface area contributed by atoms with Crippen molar-refractivity contribution in [3.8, 4) is 11.5 Å². The van der Waals surface area contributed by atoms with E-state index in [1.807, 2.05) is 34.6 Å². The standard InChI is InChI=1S/C20H25N5O4/c1-5-9-25-18(26)16-17(22(2)20(25)27)21-19-23(10-6-11-24(16)19)14-8-7-13(28-3)12-15(14)29-4/h7-8,12H,5-6,9-11H2,1-4H3. The summed E-state index contributed by atoms with van der Waals surface area (Å²) >= 11 is 0. The first kappa shape index (κ1) is 19.1. The highest BCUT2D eigenvalue weighted by Crippen LogP contribution is 2.38. The molecule has 29 heavy (non-hydrogen) atoms. The van der Waals surface area contributed by atoms with Crippen LogP contribution in [-0.2, 0) is 20.1 Å². The highest BCUT2D eigenvalue weighted by atomic mass is 16.5. The minimum atomic E-state index is -0.339. The zero-order chi connectivity index (χ0) is 20.7. The number of hydrogen-bond acceptors (Lipinski definition) is 6. The maximum atomic E-state index is 13.1. The van der Waals surface area contributed by atoms with Gasteiger partial charge in [-0.3, -0.25) is 13.9 Å². The average Bonchev–Trinajstić information content (AvgIpc) is 3.14. The van der Waals surface area contributed by atoms with Gasteiger partial charge in [0.1, 0.15) is 11.5 Å². The molecule has 0 amide bonds. The van der Waals surface area contributed by atoms with Gasteiger partial charge in [-0.2, -0.15) is 4.98 Å². The number of imidazole rings is 1. The third kappa shape index (κ3) is 2.88. The van der Waals surface area contributed by atoms with Gasteiger partial charge in [0, 0.05) is 32.7 Å². The van der Waals surface area contributed by atoms with Crippen molar-refractivity contribution in [3.63, 3.8) is 0 Å². The Kier molecular flexibility index (Phi) is 4.81. The number of methoxy groups -OCH3 is 2. The van der Waals surface area contributed by atoms with E-state index in [9.17, 15) is 9.59 Å². The molecule has 0 N–H and O–H groups in total. The Hall–Kier alpha value is -3.23. The van der Waals surface area contributed by atoms with E-state index < -0.39 is 0 Å². The van der Waals surface area contributed by atoms with Crippen LogP contribution >= 0.6 is 0 Å². The molecular formula is C20H25N5O4. The van der Waals surface area contributed by atoms with Crippen molar-refractivity contribution in [2.24, 2.45) is 7.05 Å². The Bertz CT molecular complexity index is 1190. The van der Waals surface area contributed by atoms with Crippen molar-refractivity contribution < 1.29 is 9.47 Å². The fourth-order valence-electron chi connectivity index (χ4n) is 3.92. The SMILES string of the molecule is CCCn1c(=O)c2c(nc3n2CCCN3c2ccc(OC)cc2OC)n(C)c1=O. The first-order valence-corrected chi connectivity index (χ1v) is 9.71. The van der Waals surface area contributed by atoms with Crippen LogP contribution in [-0.4, -0.2) is 39.4 Å². The second-order valence-electron chi connectivity index (χ2n) is 7.08. The molecule has 0 saturated carbocycles. The monoisotopic (exact) mass is 399 g/mol. The van der Waals surface area contributed by atoms with Crippen LogP contribution in [0.15, 0.2) is 27.8 Å². The van der Waals surface area contributed by atoms with Crippen molar-refractivity contribution >= 4 is 22.8 Å². The molecule has 0 radical (unpaired) electrons. The van der Waals surface area contributed by atoms with Gasteiger partial charge in [0.05, 0.1) is 19.9 Å². The van der Waals surface area contributed by atoms with Crippen molar-refractivity contribution in [1.29, 1.82) is 0 Å². The lowest BCUT2D eigenvalue weighted by molar-refractivity contribution is 0.394. The smallest absolute Gasteiger partial charge is 0.332 e. The molecule has 2 aromatic heterocycles. The summed E-state index contributed by atoms with van der Waals surface area (Å²) in [5, 5.41) is 0. The zero-order valence-corrected chi connectivity index (χ0v) is 17.1. The van der Waals surface area contributed by atoms with Crippen molar-refractivity contribution in [3.05, 3.63) is 39.0 Å². The summed E-state index contributed by atoms with van der Waals surface area (Å²) < 4.78 is 15.5. The summed E-state index contributed by atoms with van der Waals surface area (Å²) in [5.74, 6) is 1.99. The summed E-state index contributed by atoms with van der Waals surface area (Å²) in [5.41, 5.74) is 1.08. The predicted octanol–water partition coefficient (Wildman–Crippen LogP) is 1.87. The Balaban J connectivity index is 1.96. The van der Waals surface area contributed by atoms with Crippen LogP contribution in [0, 0.1) is 0 Å². The van der Waals surface area contributed by atoms with E-state index in [1.54, 1.807) is 21.3 Å². The van der Waals surface area contributed by atoms with Gasteiger partial charge in [0.25, 0.3) is 5.56 Å². The van der Waals surface area contributed by atoms with Crippen molar-refractivity contribution in [2.45, 2.75) is 32.9 Å². The highest BCUT2D eigenvalue weighted by Gasteiger charge is 2.28. The molecule has 0 aliphatic carbocycles. The molecule has 9 heteroatoms. The molecule has 1 aromatic carbocycles. The largest absolute Gasteiger partial charge is 0.497 e.